The Hall–Kier alpha value is -2.05. The van der Waals surface area contributed by atoms with Crippen LogP contribution >= 0.6 is 0 Å². The van der Waals surface area contributed by atoms with E-state index in [1.165, 1.54) is 6.07 Å². The monoisotopic (exact) mass is 292 g/mol. The Labute approximate surface area is 120 Å². The van der Waals surface area contributed by atoms with Gasteiger partial charge in [-0.2, -0.15) is 0 Å². The van der Waals surface area contributed by atoms with Gasteiger partial charge in [0.25, 0.3) is 6.43 Å². The zero-order valence-electron chi connectivity index (χ0n) is 11.1. The second-order valence-corrected chi connectivity index (χ2v) is 4.66. The van der Waals surface area contributed by atoms with E-state index in [9.17, 15) is 8.78 Å². The van der Waals surface area contributed by atoms with Crippen LogP contribution in [0.2, 0.25) is 0 Å². The number of aromatic nitrogens is 1. The van der Waals surface area contributed by atoms with Crippen molar-refractivity contribution in [1.29, 1.82) is 0 Å². The van der Waals surface area contributed by atoms with Gasteiger partial charge in [0, 0.05) is 23.0 Å². The van der Waals surface area contributed by atoms with E-state index in [4.69, 9.17) is 15.2 Å². The van der Waals surface area contributed by atoms with Crippen molar-refractivity contribution in [2.24, 2.45) is 0 Å². The maximum atomic E-state index is 13.2. The van der Waals surface area contributed by atoms with Crippen LogP contribution in [0.25, 0.3) is 11.3 Å². The highest BCUT2D eigenvalue weighted by atomic mass is 19.3. The number of nitrogens with zero attached hydrogens (tertiary/aromatic N) is 1. The van der Waals surface area contributed by atoms with Crippen LogP contribution in [0.5, 0.6) is 0 Å². The van der Waals surface area contributed by atoms with E-state index in [1.807, 2.05) is 0 Å². The summed E-state index contributed by atoms with van der Waals surface area (Å²) in [6.45, 7) is 1.08. The number of pyridine rings is 1. The van der Waals surface area contributed by atoms with Gasteiger partial charge in [0.2, 0.25) is 0 Å². The van der Waals surface area contributed by atoms with Gasteiger partial charge in [0.15, 0.2) is 6.29 Å². The topological polar surface area (TPSA) is 57.4 Å². The molecule has 0 aliphatic carbocycles. The first-order valence-corrected chi connectivity index (χ1v) is 6.53. The number of ether oxygens (including phenoxy) is 2. The molecule has 1 aromatic heterocycles. The first kappa shape index (κ1) is 13.9. The average molecular weight is 292 g/mol. The number of nitrogen functional groups attached to an aromatic ring is 1. The first-order valence-electron chi connectivity index (χ1n) is 6.53. The molecule has 3 rings (SSSR count). The van der Waals surface area contributed by atoms with E-state index >= 15 is 0 Å². The van der Waals surface area contributed by atoms with Gasteiger partial charge in [0.1, 0.15) is 0 Å². The Morgan fingerprint density at radius 2 is 1.90 bits per heavy atom. The highest BCUT2D eigenvalue weighted by Crippen LogP contribution is 2.34. The largest absolute Gasteiger partial charge is 0.398 e. The molecule has 1 saturated heterocycles. The summed E-state index contributed by atoms with van der Waals surface area (Å²) in [5.74, 6) is 0. The fourth-order valence-corrected chi connectivity index (χ4v) is 2.30. The third-order valence-electron chi connectivity index (χ3n) is 3.31. The number of hydrogen-bond acceptors (Lipinski definition) is 4. The van der Waals surface area contributed by atoms with Crippen LogP contribution in [0.3, 0.4) is 0 Å². The van der Waals surface area contributed by atoms with Crippen molar-refractivity contribution in [3.05, 3.63) is 47.7 Å². The molecule has 0 radical (unpaired) electrons. The standard InChI is InChI=1S/C15H14F2N2O2/c16-14(17)13-10(2-1-3-11(13)18)12-5-4-9(8-19-12)15-20-6-7-21-15/h1-5,8,14-15H,6-7,18H2. The van der Waals surface area contributed by atoms with E-state index in [2.05, 4.69) is 4.98 Å². The molecule has 0 saturated carbocycles. The van der Waals surface area contributed by atoms with E-state index in [1.54, 1.807) is 30.5 Å². The minimum atomic E-state index is -2.65. The summed E-state index contributed by atoms with van der Waals surface area (Å²) in [5, 5.41) is 0. The number of halogens is 2. The van der Waals surface area contributed by atoms with Gasteiger partial charge in [0.05, 0.1) is 24.5 Å². The van der Waals surface area contributed by atoms with Gasteiger partial charge in [-0.25, -0.2) is 8.78 Å². The molecule has 21 heavy (non-hydrogen) atoms. The maximum Gasteiger partial charge on any atom is 0.266 e. The fourth-order valence-electron chi connectivity index (χ4n) is 2.30. The minimum Gasteiger partial charge on any atom is -0.398 e. The van der Waals surface area contributed by atoms with Gasteiger partial charge in [-0.05, 0) is 12.1 Å². The third kappa shape index (κ3) is 2.72. The van der Waals surface area contributed by atoms with Crippen molar-refractivity contribution < 1.29 is 18.3 Å². The predicted octanol–water partition coefficient (Wildman–Crippen LogP) is 3.31. The number of rotatable bonds is 3. The summed E-state index contributed by atoms with van der Waals surface area (Å²) >= 11 is 0. The summed E-state index contributed by atoms with van der Waals surface area (Å²) in [6.07, 6.45) is -1.50. The summed E-state index contributed by atoms with van der Waals surface area (Å²) in [6, 6.07) is 8.11. The Bertz CT molecular complexity index is 626. The molecule has 0 atom stereocenters. The van der Waals surface area contributed by atoms with Crippen LogP contribution in [0.1, 0.15) is 23.8 Å². The second-order valence-electron chi connectivity index (χ2n) is 4.66. The molecule has 2 aromatic rings. The summed E-state index contributed by atoms with van der Waals surface area (Å²) in [4.78, 5) is 4.23. The number of alkyl halides is 2. The third-order valence-corrected chi connectivity index (χ3v) is 3.31. The lowest BCUT2D eigenvalue weighted by Gasteiger charge is -2.13. The number of benzene rings is 1. The Balaban J connectivity index is 1.96. The summed E-state index contributed by atoms with van der Waals surface area (Å²) in [5.41, 5.74) is 7.06. The molecule has 0 spiro atoms. The predicted molar refractivity (Wildman–Crippen MR) is 73.7 cm³/mol. The number of anilines is 1. The van der Waals surface area contributed by atoms with Crippen LogP contribution in [0.15, 0.2) is 36.5 Å². The first-order chi connectivity index (χ1) is 10.2. The van der Waals surface area contributed by atoms with E-state index < -0.39 is 12.7 Å². The van der Waals surface area contributed by atoms with Crippen LogP contribution in [-0.2, 0) is 9.47 Å². The molecular weight excluding hydrogens is 278 g/mol. The Morgan fingerprint density at radius 3 is 2.52 bits per heavy atom. The zero-order valence-corrected chi connectivity index (χ0v) is 11.1. The van der Waals surface area contributed by atoms with Crippen molar-refractivity contribution in [3.8, 4) is 11.3 Å². The number of hydrogen-bond donors (Lipinski definition) is 1. The minimum absolute atomic E-state index is 0.0656. The maximum absolute atomic E-state index is 13.2. The Morgan fingerprint density at radius 1 is 1.14 bits per heavy atom. The van der Waals surface area contributed by atoms with Gasteiger partial charge >= 0.3 is 0 Å². The normalized spacial score (nSPS) is 15.8. The highest BCUT2D eigenvalue weighted by molar-refractivity contribution is 5.71. The van der Waals surface area contributed by atoms with Crippen molar-refractivity contribution >= 4 is 5.69 Å². The molecule has 1 aliphatic rings. The summed E-state index contributed by atoms with van der Waals surface area (Å²) < 4.78 is 37.0. The van der Waals surface area contributed by atoms with Crippen LogP contribution in [0, 0.1) is 0 Å². The lowest BCUT2D eigenvalue weighted by molar-refractivity contribution is -0.0443. The molecule has 0 unspecified atom stereocenters. The number of nitrogens with two attached hydrogens (primary N) is 1. The molecule has 2 heterocycles. The van der Waals surface area contributed by atoms with E-state index in [-0.39, 0.29) is 11.3 Å². The molecule has 1 aromatic carbocycles. The van der Waals surface area contributed by atoms with Crippen LogP contribution in [0.4, 0.5) is 14.5 Å². The van der Waals surface area contributed by atoms with E-state index in [0.717, 1.165) is 5.56 Å². The Kier molecular flexibility index (Phi) is 3.81. The van der Waals surface area contributed by atoms with Gasteiger partial charge in [-0.15, -0.1) is 0 Å². The van der Waals surface area contributed by atoms with Crippen LogP contribution < -0.4 is 5.73 Å². The van der Waals surface area contributed by atoms with Gasteiger partial charge in [-0.3, -0.25) is 4.98 Å². The fraction of sp³-hybridized carbons (Fsp3) is 0.267. The van der Waals surface area contributed by atoms with Gasteiger partial charge < -0.3 is 15.2 Å². The summed E-state index contributed by atoms with van der Waals surface area (Å²) in [7, 11) is 0. The molecule has 4 nitrogen and oxygen atoms in total. The molecule has 1 fully saturated rings. The van der Waals surface area contributed by atoms with E-state index in [0.29, 0.717) is 24.5 Å². The molecular formula is C15H14F2N2O2. The molecule has 0 bridgehead atoms. The molecule has 1 aliphatic heterocycles. The molecule has 110 valence electrons. The van der Waals surface area contributed by atoms with Gasteiger partial charge in [-0.1, -0.05) is 18.2 Å². The molecule has 2 N–H and O–H groups in total. The SMILES string of the molecule is Nc1cccc(-c2ccc(C3OCCO3)cn2)c1C(F)F. The quantitative estimate of drug-likeness (QED) is 0.882. The second kappa shape index (κ2) is 5.75. The van der Waals surface area contributed by atoms with Crippen molar-refractivity contribution in [1.82, 2.24) is 4.98 Å². The molecule has 0 amide bonds. The smallest absolute Gasteiger partial charge is 0.266 e. The lowest BCUT2D eigenvalue weighted by atomic mass is 10.0. The highest BCUT2D eigenvalue weighted by Gasteiger charge is 2.20. The zero-order chi connectivity index (χ0) is 14.8. The van der Waals surface area contributed by atoms with Crippen molar-refractivity contribution in [3.63, 3.8) is 0 Å². The lowest BCUT2D eigenvalue weighted by Crippen LogP contribution is -2.01. The van der Waals surface area contributed by atoms with Crippen molar-refractivity contribution in [2.75, 3.05) is 18.9 Å². The molecule has 6 heteroatoms. The van der Waals surface area contributed by atoms with Crippen molar-refractivity contribution in [2.45, 2.75) is 12.7 Å². The van der Waals surface area contributed by atoms with Crippen LogP contribution in [-0.4, -0.2) is 18.2 Å². The average Bonchev–Trinajstić information content (AvgIpc) is 3.01.